The molecular weight excluding hydrogens is 324 g/mol. The van der Waals surface area contributed by atoms with E-state index in [1.54, 1.807) is 6.26 Å². The normalized spacial score (nSPS) is 21.1. The van der Waals surface area contributed by atoms with E-state index >= 15 is 0 Å². The van der Waals surface area contributed by atoms with Crippen molar-refractivity contribution >= 4 is 16.7 Å². The lowest BCUT2D eigenvalue weighted by atomic mass is 9.84. The molecule has 1 unspecified atom stereocenters. The number of rotatable bonds is 2. The van der Waals surface area contributed by atoms with Gasteiger partial charge in [0.05, 0.1) is 19.5 Å². The summed E-state index contributed by atoms with van der Waals surface area (Å²) in [7, 11) is 2.22. The predicted molar refractivity (Wildman–Crippen MR) is 104 cm³/mol. The minimum Gasteiger partial charge on any atom is -0.464 e. The van der Waals surface area contributed by atoms with Crippen LogP contribution in [-0.4, -0.2) is 44.8 Å². The molecule has 0 aliphatic carbocycles. The monoisotopic (exact) mass is 348 g/mol. The van der Waals surface area contributed by atoms with E-state index in [2.05, 4.69) is 53.2 Å². The van der Waals surface area contributed by atoms with Crippen LogP contribution in [0.4, 0.5) is 5.69 Å². The molecule has 0 radical (unpaired) electrons. The van der Waals surface area contributed by atoms with Crippen LogP contribution in [0, 0.1) is 0 Å². The van der Waals surface area contributed by atoms with Crippen LogP contribution in [0.25, 0.3) is 11.0 Å². The second-order valence-electron chi connectivity index (χ2n) is 7.45. The van der Waals surface area contributed by atoms with Crippen LogP contribution in [0.2, 0.25) is 0 Å². The molecule has 0 N–H and O–H groups in total. The van der Waals surface area contributed by atoms with Gasteiger partial charge in [-0.25, -0.2) is 0 Å². The second-order valence-corrected chi connectivity index (χ2v) is 7.45. The highest BCUT2D eigenvalue weighted by Gasteiger charge is 2.26. The number of ether oxygens (including phenoxy) is 1. The molecule has 1 aromatic heterocycles. The smallest absolute Gasteiger partial charge is 0.133 e. The molecule has 4 heteroatoms. The maximum absolute atomic E-state index is 5.51. The topological polar surface area (TPSA) is 28.9 Å². The third-order valence-corrected chi connectivity index (χ3v) is 5.69. The molecule has 4 nitrogen and oxygen atoms in total. The van der Waals surface area contributed by atoms with E-state index in [0.29, 0.717) is 5.92 Å². The van der Waals surface area contributed by atoms with Crippen LogP contribution in [0.5, 0.6) is 0 Å². The van der Waals surface area contributed by atoms with Crippen molar-refractivity contribution in [1.82, 2.24) is 4.90 Å². The summed E-state index contributed by atoms with van der Waals surface area (Å²) >= 11 is 0. The number of hydrogen-bond donors (Lipinski definition) is 0. The Morgan fingerprint density at radius 3 is 2.77 bits per heavy atom. The highest BCUT2D eigenvalue weighted by molar-refractivity contribution is 5.78. The first kappa shape index (κ1) is 15.9. The van der Waals surface area contributed by atoms with Gasteiger partial charge >= 0.3 is 0 Å². The van der Waals surface area contributed by atoms with Gasteiger partial charge in [-0.15, -0.1) is 0 Å². The molecule has 2 aromatic carbocycles. The zero-order chi connectivity index (χ0) is 17.5. The average Bonchev–Trinajstić information content (AvgIpc) is 3.15. The summed E-state index contributed by atoms with van der Waals surface area (Å²) in [5.41, 5.74) is 6.56. The zero-order valence-corrected chi connectivity index (χ0v) is 15.1. The van der Waals surface area contributed by atoms with E-state index in [0.717, 1.165) is 45.0 Å². The highest BCUT2D eigenvalue weighted by Crippen LogP contribution is 2.36. The molecule has 1 atom stereocenters. The summed E-state index contributed by atoms with van der Waals surface area (Å²) < 4.78 is 11.0. The summed E-state index contributed by atoms with van der Waals surface area (Å²) in [6.45, 7) is 5.67. The number of anilines is 1. The third-order valence-electron chi connectivity index (χ3n) is 5.69. The SMILES string of the molecule is CN1Cc2cc(N3CCOCC3)ccc2C(c2ccc3occc3c2)C1. The van der Waals surface area contributed by atoms with Crippen molar-refractivity contribution in [1.29, 1.82) is 0 Å². The number of morpholine rings is 1. The van der Waals surface area contributed by atoms with Gasteiger partial charge in [-0.2, -0.15) is 0 Å². The quantitative estimate of drug-likeness (QED) is 0.703. The summed E-state index contributed by atoms with van der Waals surface area (Å²) in [5, 5.41) is 1.18. The van der Waals surface area contributed by atoms with E-state index in [9.17, 15) is 0 Å². The maximum Gasteiger partial charge on any atom is 0.133 e. The van der Waals surface area contributed by atoms with Crippen LogP contribution in [-0.2, 0) is 11.3 Å². The van der Waals surface area contributed by atoms with E-state index in [1.165, 1.54) is 27.8 Å². The molecule has 0 spiro atoms. The average molecular weight is 348 g/mol. The van der Waals surface area contributed by atoms with E-state index in [-0.39, 0.29) is 0 Å². The molecule has 26 heavy (non-hydrogen) atoms. The zero-order valence-electron chi connectivity index (χ0n) is 15.1. The van der Waals surface area contributed by atoms with Gasteiger partial charge in [-0.05, 0) is 54.1 Å². The molecule has 1 fully saturated rings. The minimum atomic E-state index is 0.404. The van der Waals surface area contributed by atoms with Gasteiger partial charge < -0.3 is 19.0 Å². The van der Waals surface area contributed by atoms with Gasteiger partial charge in [-0.3, -0.25) is 0 Å². The molecule has 0 saturated carbocycles. The third kappa shape index (κ3) is 2.79. The van der Waals surface area contributed by atoms with Crippen molar-refractivity contribution in [2.24, 2.45) is 0 Å². The van der Waals surface area contributed by atoms with E-state index in [4.69, 9.17) is 9.15 Å². The van der Waals surface area contributed by atoms with Crippen LogP contribution in [0.15, 0.2) is 53.1 Å². The lowest BCUT2D eigenvalue weighted by molar-refractivity contribution is 0.122. The molecular formula is C22H24N2O2. The van der Waals surface area contributed by atoms with Crippen molar-refractivity contribution in [3.63, 3.8) is 0 Å². The number of nitrogens with zero attached hydrogens (tertiary/aromatic N) is 2. The minimum absolute atomic E-state index is 0.404. The van der Waals surface area contributed by atoms with Crippen molar-refractivity contribution in [3.8, 4) is 0 Å². The Labute approximate surface area is 154 Å². The number of furan rings is 1. The van der Waals surface area contributed by atoms with E-state index < -0.39 is 0 Å². The Balaban J connectivity index is 1.52. The first-order chi connectivity index (χ1) is 12.8. The van der Waals surface area contributed by atoms with Crippen LogP contribution in [0.1, 0.15) is 22.6 Å². The van der Waals surface area contributed by atoms with Gasteiger partial charge in [-0.1, -0.05) is 12.1 Å². The van der Waals surface area contributed by atoms with Gasteiger partial charge in [0, 0.05) is 43.2 Å². The number of fused-ring (bicyclic) bond motifs is 2. The first-order valence-electron chi connectivity index (χ1n) is 9.39. The fourth-order valence-electron chi connectivity index (χ4n) is 4.34. The molecule has 1 saturated heterocycles. The Hall–Kier alpha value is -2.30. The summed E-state index contributed by atoms with van der Waals surface area (Å²) in [5.74, 6) is 0.404. The molecule has 3 aromatic rings. The van der Waals surface area contributed by atoms with Crippen LogP contribution < -0.4 is 4.90 Å². The fourth-order valence-corrected chi connectivity index (χ4v) is 4.34. The van der Waals surface area contributed by atoms with E-state index in [1.807, 2.05) is 6.07 Å². The standard InChI is InChI=1S/C22H24N2O2/c1-23-14-18-13-19(24-7-10-25-11-8-24)3-4-20(18)21(15-23)16-2-5-22-17(12-16)6-9-26-22/h2-6,9,12-13,21H,7-8,10-11,14-15H2,1H3. The Kier molecular flexibility index (Phi) is 3.95. The largest absolute Gasteiger partial charge is 0.464 e. The lowest BCUT2D eigenvalue weighted by Gasteiger charge is -2.35. The Bertz CT molecular complexity index is 927. The molecule has 0 amide bonds. The molecule has 3 heterocycles. The highest BCUT2D eigenvalue weighted by atomic mass is 16.5. The van der Waals surface area contributed by atoms with Gasteiger partial charge in [0.1, 0.15) is 5.58 Å². The van der Waals surface area contributed by atoms with Gasteiger partial charge in [0.25, 0.3) is 0 Å². The number of likely N-dealkylation sites (N-methyl/N-ethyl adjacent to an activating group) is 1. The number of benzene rings is 2. The number of hydrogen-bond acceptors (Lipinski definition) is 4. The Morgan fingerprint density at radius 2 is 1.88 bits per heavy atom. The fraction of sp³-hybridized carbons (Fsp3) is 0.364. The molecule has 134 valence electrons. The summed E-state index contributed by atoms with van der Waals surface area (Å²) in [4.78, 5) is 4.86. The van der Waals surface area contributed by atoms with Crippen molar-refractivity contribution in [2.75, 3.05) is 44.8 Å². The molecule has 2 aliphatic rings. The summed E-state index contributed by atoms with van der Waals surface area (Å²) in [6.07, 6.45) is 1.77. The summed E-state index contributed by atoms with van der Waals surface area (Å²) in [6, 6.07) is 15.7. The van der Waals surface area contributed by atoms with Crippen molar-refractivity contribution < 1.29 is 9.15 Å². The first-order valence-corrected chi connectivity index (χ1v) is 9.39. The predicted octanol–water partition coefficient (Wildman–Crippen LogP) is 3.85. The van der Waals surface area contributed by atoms with Crippen molar-refractivity contribution in [2.45, 2.75) is 12.5 Å². The molecule has 5 rings (SSSR count). The lowest BCUT2D eigenvalue weighted by Crippen LogP contribution is -2.36. The van der Waals surface area contributed by atoms with Gasteiger partial charge in [0.15, 0.2) is 0 Å². The molecule has 2 aliphatic heterocycles. The van der Waals surface area contributed by atoms with Crippen LogP contribution >= 0.6 is 0 Å². The molecule has 0 bridgehead atoms. The second kappa shape index (κ2) is 6.45. The Morgan fingerprint density at radius 1 is 1.00 bits per heavy atom. The van der Waals surface area contributed by atoms with Gasteiger partial charge in [0.2, 0.25) is 0 Å². The van der Waals surface area contributed by atoms with Crippen LogP contribution in [0.3, 0.4) is 0 Å². The van der Waals surface area contributed by atoms with Crippen molar-refractivity contribution in [3.05, 3.63) is 65.4 Å². The maximum atomic E-state index is 5.51.